The van der Waals surface area contributed by atoms with Crippen LogP contribution in [0, 0.1) is 0 Å². The molecule has 2 amide bonds. The van der Waals surface area contributed by atoms with Crippen molar-refractivity contribution in [3.63, 3.8) is 0 Å². The van der Waals surface area contributed by atoms with Gasteiger partial charge < -0.3 is 37.9 Å². The Morgan fingerprint density at radius 1 is 0.433 bits per heavy atom. The monoisotopic (exact) mass is 830 g/mol. The van der Waals surface area contributed by atoms with Crippen molar-refractivity contribution in [2.24, 2.45) is 0 Å². The largest absolute Gasteiger partial charge is 0.493 e. The summed E-state index contributed by atoms with van der Waals surface area (Å²) in [6, 6.07) is 19.9. The number of carbonyl (C=O) groups excluding carboxylic acids is 4. The number of hydrogen-bond donors (Lipinski definition) is 4. The van der Waals surface area contributed by atoms with Crippen molar-refractivity contribution in [3.05, 3.63) is 95.1 Å². The molecule has 16 heteroatoms. The summed E-state index contributed by atoms with van der Waals surface area (Å²) in [5.41, 5.74) is 13.6. The molecular formula is C44H54N4O12. The number of benzene rings is 4. The first kappa shape index (κ1) is 46.2. The van der Waals surface area contributed by atoms with Gasteiger partial charge in [-0.1, -0.05) is 49.9 Å². The lowest BCUT2D eigenvalue weighted by molar-refractivity contribution is -0.123. The van der Waals surface area contributed by atoms with Crippen LogP contribution in [-0.2, 0) is 22.7 Å². The first-order valence-corrected chi connectivity index (χ1v) is 19.4. The van der Waals surface area contributed by atoms with Crippen LogP contribution in [0.25, 0.3) is 0 Å². The fraction of sp³-hybridized carbons (Fsp3) is 0.364. The van der Waals surface area contributed by atoms with E-state index in [2.05, 4.69) is 21.7 Å². The average molecular weight is 831 g/mol. The van der Waals surface area contributed by atoms with Crippen LogP contribution in [0.1, 0.15) is 83.2 Å². The van der Waals surface area contributed by atoms with Crippen LogP contribution in [0.3, 0.4) is 0 Å². The lowest BCUT2D eigenvalue weighted by Gasteiger charge is -2.14. The number of hydrogen-bond acceptors (Lipinski definition) is 14. The van der Waals surface area contributed by atoms with Crippen LogP contribution in [0.15, 0.2) is 72.8 Å². The molecule has 0 fully saturated rings. The third-order valence-corrected chi connectivity index (χ3v) is 9.17. The number of unbranched alkanes of at least 4 members (excludes halogenated alkanes) is 5. The van der Waals surface area contributed by atoms with Crippen molar-refractivity contribution in [1.29, 1.82) is 0 Å². The summed E-state index contributed by atoms with van der Waals surface area (Å²) in [7, 11) is 8.84. The fourth-order valence-corrected chi connectivity index (χ4v) is 5.97. The number of ether oxygens (including phenoxy) is 8. The quantitative estimate of drug-likeness (QED) is 0.0254. The predicted octanol–water partition coefficient (Wildman–Crippen LogP) is 6.24. The molecule has 4 aromatic rings. The maximum absolute atomic E-state index is 12.8. The highest BCUT2D eigenvalue weighted by Gasteiger charge is 2.20. The van der Waals surface area contributed by atoms with Crippen LogP contribution in [0.5, 0.6) is 46.0 Å². The van der Waals surface area contributed by atoms with E-state index >= 15 is 0 Å². The summed E-state index contributed by atoms with van der Waals surface area (Å²) in [5.74, 6) is 1.48. The zero-order valence-corrected chi connectivity index (χ0v) is 34.9. The van der Waals surface area contributed by atoms with Gasteiger partial charge in [-0.25, -0.2) is 20.4 Å². The zero-order chi connectivity index (χ0) is 43.3. The van der Waals surface area contributed by atoms with Crippen LogP contribution in [0.4, 0.5) is 0 Å². The Hall–Kier alpha value is -6.52. The van der Waals surface area contributed by atoms with Gasteiger partial charge in [0.05, 0.1) is 53.8 Å². The molecule has 0 atom stereocenters. The van der Waals surface area contributed by atoms with Gasteiger partial charge >= 0.3 is 11.9 Å². The Kier molecular flexibility index (Phi) is 18.8. The highest BCUT2D eigenvalue weighted by molar-refractivity contribution is 5.93. The second-order valence-electron chi connectivity index (χ2n) is 13.3. The van der Waals surface area contributed by atoms with E-state index in [0.29, 0.717) is 71.9 Å². The molecule has 0 aromatic heterocycles. The lowest BCUT2D eigenvalue weighted by atomic mass is 10.1. The number of esters is 2. The highest BCUT2D eigenvalue weighted by Crippen LogP contribution is 2.39. The van der Waals surface area contributed by atoms with Crippen LogP contribution in [0.2, 0.25) is 0 Å². The minimum atomic E-state index is -0.582. The Morgan fingerprint density at radius 2 is 0.750 bits per heavy atom. The average Bonchev–Trinajstić information content (AvgIpc) is 3.27. The molecule has 0 bridgehead atoms. The van der Waals surface area contributed by atoms with Crippen molar-refractivity contribution >= 4 is 23.8 Å². The van der Waals surface area contributed by atoms with E-state index in [1.165, 1.54) is 66.9 Å². The summed E-state index contributed by atoms with van der Waals surface area (Å²) in [6.45, 7) is 0.782. The number of hydrazine groups is 2. The normalized spacial score (nSPS) is 10.6. The highest BCUT2D eigenvalue weighted by atomic mass is 16.6. The fourth-order valence-electron chi connectivity index (χ4n) is 5.97. The first-order chi connectivity index (χ1) is 29.1. The van der Waals surface area contributed by atoms with Gasteiger partial charge in [0.15, 0.2) is 23.0 Å². The molecule has 4 aromatic carbocycles. The van der Waals surface area contributed by atoms with Gasteiger partial charge in [-0.3, -0.25) is 20.4 Å². The Balaban J connectivity index is 1.01. The summed E-state index contributed by atoms with van der Waals surface area (Å²) < 4.78 is 42.9. The minimum Gasteiger partial charge on any atom is -0.493 e. The second kappa shape index (κ2) is 24.4. The van der Waals surface area contributed by atoms with Crippen molar-refractivity contribution in [3.8, 4) is 46.0 Å². The van der Waals surface area contributed by atoms with Gasteiger partial charge in [-0.15, -0.1) is 0 Å². The van der Waals surface area contributed by atoms with Crippen molar-refractivity contribution in [2.75, 3.05) is 42.7 Å². The third kappa shape index (κ3) is 14.1. The van der Waals surface area contributed by atoms with Crippen molar-refractivity contribution in [2.45, 2.75) is 64.5 Å². The number of amides is 2. The Bertz CT molecular complexity index is 1830. The molecule has 60 heavy (non-hydrogen) atoms. The van der Waals surface area contributed by atoms with Crippen LogP contribution >= 0.6 is 0 Å². The van der Waals surface area contributed by atoms with Crippen LogP contribution in [-0.4, -0.2) is 66.4 Å². The summed E-state index contributed by atoms with van der Waals surface area (Å²) in [5, 5.41) is 0. The number of carbonyl (C=O) groups is 4. The number of nitrogens with one attached hydrogen (secondary N) is 4. The standard InChI is InChI=1S/C44H54N4O12/c1-53-35-23-31(24-36(54-2)41(35)57-5)43(51)59-33-19-15-29(16-20-33)27-45-47-39(49)13-11-9-7-8-10-12-14-40(50)48-46-28-30-17-21-34(22-18-30)60-44(52)32-25-37(55-3)42(58-6)38(26-32)56-4/h15-26,45-46H,7-14,27-28H2,1-6H3,(H,47,49)(H,48,50). The maximum atomic E-state index is 12.8. The molecule has 0 heterocycles. The second-order valence-corrected chi connectivity index (χ2v) is 13.3. The van der Waals surface area contributed by atoms with Gasteiger partial charge in [0.2, 0.25) is 23.3 Å². The molecule has 4 N–H and O–H groups in total. The van der Waals surface area contributed by atoms with E-state index in [1.54, 1.807) is 48.5 Å². The molecule has 0 saturated heterocycles. The maximum Gasteiger partial charge on any atom is 0.343 e. The predicted molar refractivity (Wildman–Crippen MR) is 222 cm³/mol. The topological polar surface area (TPSA) is 190 Å². The van der Waals surface area contributed by atoms with E-state index in [0.717, 1.165) is 49.7 Å². The summed E-state index contributed by atoms with van der Waals surface area (Å²) in [6.07, 6.45) is 6.12. The Labute approximate surface area is 350 Å². The molecule has 0 aliphatic carbocycles. The van der Waals surface area contributed by atoms with Gasteiger partial charge in [0, 0.05) is 25.9 Å². The summed E-state index contributed by atoms with van der Waals surface area (Å²) >= 11 is 0. The molecule has 4 rings (SSSR count). The zero-order valence-electron chi connectivity index (χ0n) is 34.9. The molecular weight excluding hydrogens is 776 g/mol. The van der Waals surface area contributed by atoms with Gasteiger partial charge in [0.1, 0.15) is 11.5 Å². The number of methoxy groups -OCH3 is 6. The molecule has 0 unspecified atom stereocenters. The van der Waals surface area contributed by atoms with E-state index in [-0.39, 0.29) is 22.9 Å². The van der Waals surface area contributed by atoms with Crippen molar-refractivity contribution in [1.82, 2.24) is 21.7 Å². The van der Waals surface area contributed by atoms with Gasteiger partial charge in [-0.05, 0) is 72.5 Å². The SMILES string of the molecule is COc1cc(C(=O)Oc2ccc(CNNC(=O)CCCCCCCCC(=O)NNCc3ccc(OC(=O)c4cc(OC)c(OC)c(OC)c4)cc3)cc2)cc(OC)c1OC. The van der Waals surface area contributed by atoms with Crippen molar-refractivity contribution < 1.29 is 57.1 Å². The molecule has 0 aliphatic rings. The van der Waals surface area contributed by atoms with Gasteiger partial charge in [-0.2, -0.15) is 0 Å². The molecule has 0 spiro atoms. The summed E-state index contributed by atoms with van der Waals surface area (Å²) in [4.78, 5) is 50.1. The van der Waals surface area contributed by atoms with E-state index in [1.807, 2.05) is 0 Å². The Morgan fingerprint density at radius 3 is 1.05 bits per heavy atom. The van der Waals surface area contributed by atoms with Crippen LogP contribution < -0.4 is 59.6 Å². The minimum absolute atomic E-state index is 0.0954. The lowest BCUT2D eigenvalue weighted by Crippen LogP contribution is -2.36. The molecule has 0 aliphatic heterocycles. The molecule has 0 saturated carbocycles. The molecule has 322 valence electrons. The van der Waals surface area contributed by atoms with E-state index in [9.17, 15) is 19.2 Å². The van der Waals surface area contributed by atoms with E-state index in [4.69, 9.17) is 37.9 Å². The van der Waals surface area contributed by atoms with E-state index < -0.39 is 11.9 Å². The third-order valence-electron chi connectivity index (χ3n) is 9.17. The number of rotatable bonds is 25. The molecule has 16 nitrogen and oxygen atoms in total. The molecule has 0 radical (unpaired) electrons. The van der Waals surface area contributed by atoms with Gasteiger partial charge in [0.25, 0.3) is 0 Å². The first-order valence-electron chi connectivity index (χ1n) is 19.4. The smallest absolute Gasteiger partial charge is 0.343 e.